The van der Waals surface area contributed by atoms with Crippen LogP contribution in [0.5, 0.6) is 0 Å². The largest absolute Gasteiger partial charge is 0.295 e. The van der Waals surface area contributed by atoms with E-state index in [9.17, 15) is 25.9 Å². The third-order valence-corrected chi connectivity index (χ3v) is 10.6. The minimum Gasteiger partial charge on any atom is -0.282 e. The Balaban J connectivity index is 1.54. The molecule has 10 nitrogen and oxygen atoms in total. The van der Waals surface area contributed by atoms with Crippen molar-refractivity contribution < 1.29 is 25.9 Å². The van der Waals surface area contributed by atoms with Crippen molar-refractivity contribution in [3.63, 3.8) is 0 Å². The van der Waals surface area contributed by atoms with Crippen LogP contribution in [0, 0.1) is 0 Å². The van der Waals surface area contributed by atoms with Gasteiger partial charge in [-0.05, 0) is 80.4 Å². The highest BCUT2D eigenvalue weighted by molar-refractivity contribution is 9.10. The number of aromatic nitrogens is 4. The van der Waals surface area contributed by atoms with E-state index in [-0.39, 0.29) is 30.4 Å². The molecule has 0 aliphatic rings. The summed E-state index contributed by atoms with van der Waals surface area (Å²) in [7, 11) is -9.00. The molecule has 2 N–H and O–H groups in total. The van der Waals surface area contributed by atoms with E-state index >= 15 is 0 Å². The van der Waals surface area contributed by atoms with Gasteiger partial charge < -0.3 is 0 Å². The Kier molecular flexibility index (Phi) is 6.10. The fraction of sp³-hybridized carbons (Fsp3) is 0. The molecule has 2 heterocycles. The normalized spacial score (nSPS) is 12.7. The number of halogens is 2. The van der Waals surface area contributed by atoms with Crippen LogP contribution < -0.4 is 0 Å². The van der Waals surface area contributed by atoms with Gasteiger partial charge in [-0.25, -0.2) is 19.9 Å². The lowest BCUT2D eigenvalue weighted by atomic mass is 9.97. The second kappa shape index (κ2) is 9.42. The standard InChI is InChI=1S/C28H14Br2N4O6S2/c29-17-9-7-13(11-21(17)41(35,36)37)27-31-19-5-1-3-15-23(19)26(34-27)16-4-2-6-20-24(16)25(15)33-28(32-20)14-8-10-18(30)22(12-14)42(38,39)40/h1-12H,(H,35,36,37)(H,38,39,40). The number of rotatable bonds is 4. The van der Waals surface area contributed by atoms with E-state index in [1.54, 1.807) is 12.1 Å². The topological polar surface area (TPSA) is 160 Å². The third kappa shape index (κ3) is 4.33. The van der Waals surface area contributed by atoms with E-state index in [0.29, 0.717) is 33.2 Å². The third-order valence-electron chi connectivity index (χ3n) is 6.89. The SMILES string of the molecule is O=S(=O)(O)c1cc(-c2nc3cccc4c5nc(-c6ccc(Br)c(S(=O)(=O)O)c6)nc6cccc(c(n2)c34)c65)ccc1Br. The van der Waals surface area contributed by atoms with Crippen LogP contribution >= 0.6 is 31.9 Å². The zero-order valence-electron chi connectivity index (χ0n) is 20.8. The van der Waals surface area contributed by atoms with Gasteiger partial charge in [-0.2, -0.15) is 16.8 Å². The lowest BCUT2D eigenvalue weighted by Gasteiger charge is -2.15. The Hall–Kier alpha value is -3.66. The number of nitrogens with zero attached hydrogens (tertiary/aromatic N) is 4. The zero-order valence-corrected chi connectivity index (χ0v) is 25.6. The fourth-order valence-corrected chi connectivity index (χ4v) is 7.99. The van der Waals surface area contributed by atoms with Crippen molar-refractivity contribution in [2.24, 2.45) is 0 Å². The summed E-state index contributed by atoms with van der Waals surface area (Å²) in [5.74, 6) is 0.523. The van der Waals surface area contributed by atoms with Crippen LogP contribution in [0.2, 0.25) is 0 Å². The fourth-order valence-electron chi connectivity index (χ4n) is 5.09. The molecule has 0 spiro atoms. The molecule has 0 radical (unpaired) electrons. The molecule has 42 heavy (non-hydrogen) atoms. The van der Waals surface area contributed by atoms with Gasteiger partial charge >= 0.3 is 0 Å². The molecule has 208 valence electrons. The Labute approximate surface area is 254 Å². The molecule has 0 aliphatic carbocycles. The molecule has 0 unspecified atom stereocenters. The van der Waals surface area contributed by atoms with Crippen LogP contribution in [-0.4, -0.2) is 45.9 Å². The average molecular weight is 726 g/mol. The first-order valence-corrected chi connectivity index (χ1v) is 16.5. The smallest absolute Gasteiger partial charge is 0.282 e. The maximum Gasteiger partial charge on any atom is 0.295 e. The number of fused-ring (bicyclic) bond motifs is 2. The predicted molar refractivity (Wildman–Crippen MR) is 165 cm³/mol. The Bertz CT molecular complexity index is 2330. The number of hydrogen-bond acceptors (Lipinski definition) is 8. The van der Waals surface area contributed by atoms with Gasteiger partial charge in [0.1, 0.15) is 9.79 Å². The molecule has 7 aromatic rings. The molecule has 0 fully saturated rings. The summed E-state index contributed by atoms with van der Waals surface area (Å²) < 4.78 is 67.5. The minimum atomic E-state index is -4.50. The van der Waals surface area contributed by atoms with Crippen molar-refractivity contribution in [1.29, 1.82) is 0 Å². The van der Waals surface area contributed by atoms with Gasteiger partial charge in [0.2, 0.25) is 0 Å². The number of benzene rings is 5. The van der Waals surface area contributed by atoms with Crippen LogP contribution in [-0.2, 0) is 20.2 Å². The van der Waals surface area contributed by atoms with Gasteiger partial charge in [0.15, 0.2) is 11.6 Å². The van der Waals surface area contributed by atoms with E-state index in [1.807, 2.05) is 36.4 Å². The molecule has 0 saturated carbocycles. The van der Waals surface area contributed by atoms with Gasteiger partial charge in [0, 0.05) is 41.6 Å². The highest BCUT2D eigenvalue weighted by Crippen LogP contribution is 2.40. The highest BCUT2D eigenvalue weighted by atomic mass is 79.9. The highest BCUT2D eigenvalue weighted by Gasteiger charge is 2.22. The van der Waals surface area contributed by atoms with Crippen molar-refractivity contribution in [3.05, 3.63) is 81.7 Å². The van der Waals surface area contributed by atoms with Crippen molar-refractivity contribution in [2.45, 2.75) is 9.79 Å². The van der Waals surface area contributed by atoms with Crippen LogP contribution in [0.3, 0.4) is 0 Å². The average Bonchev–Trinajstić information content (AvgIpc) is 2.94. The van der Waals surface area contributed by atoms with Gasteiger partial charge in [-0.15, -0.1) is 0 Å². The summed E-state index contributed by atoms with van der Waals surface area (Å²) in [5, 5.41) is 2.94. The monoisotopic (exact) mass is 724 g/mol. The molecular formula is C28H14Br2N4O6S2. The van der Waals surface area contributed by atoms with E-state index in [0.717, 1.165) is 21.5 Å². The Morgan fingerprint density at radius 2 is 0.952 bits per heavy atom. The molecule has 0 bridgehead atoms. The van der Waals surface area contributed by atoms with Gasteiger partial charge in [-0.1, -0.05) is 24.3 Å². The minimum absolute atomic E-state index is 0.208. The molecule has 14 heteroatoms. The first-order chi connectivity index (χ1) is 19.9. The van der Waals surface area contributed by atoms with Crippen LogP contribution in [0.25, 0.3) is 66.4 Å². The van der Waals surface area contributed by atoms with E-state index in [1.165, 1.54) is 24.3 Å². The molecule has 5 aromatic carbocycles. The first kappa shape index (κ1) is 27.2. The molecule has 0 saturated heterocycles. The molecule has 2 aromatic heterocycles. The van der Waals surface area contributed by atoms with Crippen LogP contribution in [0.1, 0.15) is 0 Å². The summed E-state index contributed by atoms with van der Waals surface area (Å²) >= 11 is 6.33. The summed E-state index contributed by atoms with van der Waals surface area (Å²) in [4.78, 5) is 18.5. The van der Waals surface area contributed by atoms with Gasteiger partial charge in [-0.3, -0.25) is 9.11 Å². The summed E-state index contributed by atoms with van der Waals surface area (Å²) in [6.45, 7) is 0. The quantitative estimate of drug-likeness (QED) is 0.114. The molecule has 0 amide bonds. The summed E-state index contributed by atoms with van der Waals surface area (Å²) in [6.07, 6.45) is 0. The predicted octanol–water partition coefficient (Wildman–Crippen LogP) is 6.67. The van der Waals surface area contributed by atoms with Gasteiger partial charge in [0.25, 0.3) is 20.2 Å². The van der Waals surface area contributed by atoms with Crippen molar-refractivity contribution >= 4 is 95.7 Å². The van der Waals surface area contributed by atoms with Crippen molar-refractivity contribution in [2.75, 3.05) is 0 Å². The second-order valence-corrected chi connectivity index (χ2v) is 13.9. The lowest BCUT2D eigenvalue weighted by Crippen LogP contribution is -2.02. The molecular weight excluding hydrogens is 712 g/mol. The van der Waals surface area contributed by atoms with E-state index in [4.69, 9.17) is 19.9 Å². The van der Waals surface area contributed by atoms with Crippen molar-refractivity contribution in [1.82, 2.24) is 19.9 Å². The lowest BCUT2D eigenvalue weighted by molar-refractivity contribution is 0.480. The number of hydrogen-bond donors (Lipinski definition) is 2. The van der Waals surface area contributed by atoms with E-state index in [2.05, 4.69) is 31.9 Å². The Morgan fingerprint density at radius 3 is 1.33 bits per heavy atom. The molecule has 7 rings (SSSR count). The summed E-state index contributed by atoms with van der Waals surface area (Å²) in [6, 6.07) is 20.0. The van der Waals surface area contributed by atoms with Crippen molar-refractivity contribution in [3.8, 4) is 22.8 Å². The van der Waals surface area contributed by atoms with E-state index < -0.39 is 20.2 Å². The Morgan fingerprint density at radius 1 is 0.548 bits per heavy atom. The zero-order chi connectivity index (χ0) is 29.6. The molecule has 0 atom stereocenters. The van der Waals surface area contributed by atoms with Gasteiger partial charge in [0.05, 0.1) is 22.1 Å². The van der Waals surface area contributed by atoms with Crippen LogP contribution in [0.4, 0.5) is 0 Å². The molecule has 0 aliphatic heterocycles. The van der Waals surface area contributed by atoms with Crippen LogP contribution in [0.15, 0.2) is 91.5 Å². The maximum atomic E-state index is 11.9. The first-order valence-electron chi connectivity index (χ1n) is 12.1. The summed E-state index contributed by atoms with van der Waals surface area (Å²) in [5.41, 5.74) is 3.17. The maximum absolute atomic E-state index is 11.9. The second-order valence-electron chi connectivity index (χ2n) is 9.43.